The molecule has 30 heavy (non-hydrogen) atoms. The zero-order valence-electron chi connectivity index (χ0n) is 17.9. The topological polar surface area (TPSA) is 66.9 Å². The molecule has 6 nitrogen and oxygen atoms in total. The number of hydrogen-bond donors (Lipinski definition) is 0. The van der Waals surface area contributed by atoms with E-state index in [2.05, 4.69) is 0 Å². The third-order valence-corrected chi connectivity index (χ3v) is 7.43. The van der Waals surface area contributed by atoms with Crippen molar-refractivity contribution in [3.8, 4) is 5.75 Å². The molecule has 2 aromatic rings. The summed E-state index contributed by atoms with van der Waals surface area (Å²) in [6.07, 6.45) is 1.11. The Morgan fingerprint density at radius 2 is 1.77 bits per heavy atom. The van der Waals surface area contributed by atoms with Gasteiger partial charge in [0.25, 0.3) is 0 Å². The molecule has 0 unspecified atom stereocenters. The third kappa shape index (κ3) is 5.61. The van der Waals surface area contributed by atoms with Crippen molar-refractivity contribution in [1.82, 2.24) is 9.21 Å². The number of carbonyl (C=O) groups is 1. The maximum atomic E-state index is 12.8. The molecule has 0 saturated carbocycles. The van der Waals surface area contributed by atoms with Gasteiger partial charge in [-0.2, -0.15) is 0 Å². The van der Waals surface area contributed by atoms with Crippen LogP contribution in [0, 0.1) is 12.8 Å². The standard InChI is InChI=1S/C23H30N2O4S/c1-18-5-4-6-20(15-18)17-30(27,28)25-13-11-21(12-14-25)23(26)24(2)16-19-7-9-22(29-3)10-8-19/h4-10,15,21H,11-14,16-17H2,1-3H3. The Balaban J connectivity index is 1.54. The highest BCUT2D eigenvalue weighted by atomic mass is 32.2. The third-order valence-electron chi connectivity index (χ3n) is 5.58. The van der Waals surface area contributed by atoms with E-state index in [-0.39, 0.29) is 17.6 Å². The molecule has 7 heteroatoms. The first-order valence-electron chi connectivity index (χ1n) is 10.2. The smallest absolute Gasteiger partial charge is 0.225 e. The van der Waals surface area contributed by atoms with Crippen LogP contribution < -0.4 is 4.74 Å². The minimum atomic E-state index is -3.38. The second-order valence-electron chi connectivity index (χ2n) is 7.96. The molecule has 0 N–H and O–H groups in total. The highest BCUT2D eigenvalue weighted by Crippen LogP contribution is 2.24. The number of rotatable bonds is 7. The van der Waals surface area contributed by atoms with Crippen LogP contribution in [0.2, 0.25) is 0 Å². The van der Waals surface area contributed by atoms with Gasteiger partial charge in [0.15, 0.2) is 0 Å². The molecule has 2 aromatic carbocycles. The van der Waals surface area contributed by atoms with Crippen molar-refractivity contribution in [2.45, 2.75) is 32.1 Å². The Morgan fingerprint density at radius 3 is 2.37 bits per heavy atom. The molecule has 162 valence electrons. The number of piperidine rings is 1. The molecular formula is C23H30N2O4S. The minimum Gasteiger partial charge on any atom is -0.497 e. The van der Waals surface area contributed by atoms with E-state index in [0.29, 0.717) is 32.5 Å². The molecule has 1 aliphatic heterocycles. The van der Waals surface area contributed by atoms with Gasteiger partial charge in [0.2, 0.25) is 15.9 Å². The summed E-state index contributed by atoms with van der Waals surface area (Å²) >= 11 is 0. The highest BCUT2D eigenvalue weighted by molar-refractivity contribution is 7.88. The summed E-state index contributed by atoms with van der Waals surface area (Å²) in [7, 11) is 0.0410. The number of hydrogen-bond acceptors (Lipinski definition) is 4. The predicted molar refractivity (Wildman–Crippen MR) is 118 cm³/mol. The molecule has 3 rings (SSSR count). The summed E-state index contributed by atoms with van der Waals surface area (Å²) in [5.74, 6) is 0.720. The van der Waals surface area contributed by atoms with E-state index in [0.717, 1.165) is 22.4 Å². The van der Waals surface area contributed by atoms with Gasteiger partial charge in [-0.05, 0) is 43.0 Å². The fourth-order valence-corrected chi connectivity index (χ4v) is 5.43. The summed E-state index contributed by atoms with van der Waals surface area (Å²) in [4.78, 5) is 14.6. The lowest BCUT2D eigenvalue weighted by molar-refractivity contribution is -0.135. The SMILES string of the molecule is COc1ccc(CN(C)C(=O)C2CCN(S(=O)(=O)Cc3cccc(C)c3)CC2)cc1. The van der Waals surface area contributed by atoms with Crippen molar-refractivity contribution in [3.05, 3.63) is 65.2 Å². The molecule has 0 atom stereocenters. The zero-order chi connectivity index (χ0) is 21.7. The molecule has 1 heterocycles. The van der Waals surface area contributed by atoms with Crippen LogP contribution in [0.5, 0.6) is 5.75 Å². The van der Waals surface area contributed by atoms with E-state index in [1.54, 1.807) is 19.1 Å². The van der Waals surface area contributed by atoms with E-state index in [4.69, 9.17) is 4.74 Å². The molecule has 0 bridgehead atoms. The minimum absolute atomic E-state index is 0.00463. The van der Waals surface area contributed by atoms with Crippen molar-refractivity contribution >= 4 is 15.9 Å². The van der Waals surface area contributed by atoms with Gasteiger partial charge in [0, 0.05) is 32.6 Å². The number of ether oxygens (including phenoxy) is 1. The van der Waals surface area contributed by atoms with Crippen LogP contribution in [0.4, 0.5) is 0 Å². The molecule has 0 radical (unpaired) electrons. The largest absolute Gasteiger partial charge is 0.497 e. The normalized spacial score (nSPS) is 15.7. The molecule has 1 fully saturated rings. The molecule has 0 aliphatic carbocycles. The summed E-state index contributed by atoms with van der Waals surface area (Å²) in [6.45, 7) is 3.26. The lowest BCUT2D eigenvalue weighted by atomic mass is 9.96. The quantitative estimate of drug-likeness (QED) is 0.677. The number of amides is 1. The molecule has 0 aromatic heterocycles. The monoisotopic (exact) mass is 430 g/mol. The second-order valence-corrected chi connectivity index (χ2v) is 9.93. The Bertz CT molecular complexity index is 965. The molecule has 1 aliphatic rings. The van der Waals surface area contributed by atoms with E-state index >= 15 is 0 Å². The molecular weight excluding hydrogens is 400 g/mol. The summed E-state index contributed by atoms with van der Waals surface area (Å²) in [5, 5.41) is 0. The highest BCUT2D eigenvalue weighted by Gasteiger charge is 2.32. The van der Waals surface area contributed by atoms with Crippen molar-refractivity contribution in [2.24, 2.45) is 5.92 Å². The van der Waals surface area contributed by atoms with E-state index < -0.39 is 10.0 Å². The maximum Gasteiger partial charge on any atom is 0.225 e. The fraction of sp³-hybridized carbons (Fsp3) is 0.435. The van der Waals surface area contributed by atoms with Crippen molar-refractivity contribution in [3.63, 3.8) is 0 Å². The number of nitrogens with zero attached hydrogens (tertiary/aromatic N) is 2. The first-order chi connectivity index (χ1) is 14.3. The maximum absolute atomic E-state index is 12.8. The zero-order valence-corrected chi connectivity index (χ0v) is 18.7. The Hall–Kier alpha value is -2.38. The Morgan fingerprint density at radius 1 is 1.10 bits per heavy atom. The molecule has 1 saturated heterocycles. The van der Waals surface area contributed by atoms with Gasteiger partial charge in [-0.1, -0.05) is 42.0 Å². The van der Waals surface area contributed by atoms with Crippen LogP contribution in [0.3, 0.4) is 0 Å². The van der Waals surface area contributed by atoms with Crippen LogP contribution in [0.15, 0.2) is 48.5 Å². The van der Waals surface area contributed by atoms with Gasteiger partial charge >= 0.3 is 0 Å². The van der Waals surface area contributed by atoms with Crippen LogP contribution in [-0.4, -0.2) is 50.8 Å². The van der Waals surface area contributed by atoms with E-state index in [1.165, 1.54) is 4.31 Å². The van der Waals surface area contributed by atoms with E-state index in [1.807, 2.05) is 55.5 Å². The Labute approximate surface area is 179 Å². The number of sulfonamides is 1. The molecule has 1 amide bonds. The fourth-order valence-electron chi connectivity index (χ4n) is 3.88. The lowest BCUT2D eigenvalue weighted by Gasteiger charge is -2.32. The number of benzene rings is 2. The number of aryl methyl sites for hydroxylation is 1. The van der Waals surface area contributed by atoms with Gasteiger partial charge in [-0.15, -0.1) is 0 Å². The van der Waals surface area contributed by atoms with Gasteiger partial charge in [-0.3, -0.25) is 4.79 Å². The number of methoxy groups -OCH3 is 1. The van der Waals surface area contributed by atoms with Crippen molar-refractivity contribution in [2.75, 3.05) is 27.2 Å². The first kappa shape index (κ1) is 22.3. The summed E-state index contributed by atoms with van der Waals surface area (Å²) in [6, 6.07) is 15.2. The van der Waals surface area contributed by atoms with E-state index in [9.17, 15) is 13.2 Å². The van der Waals surface area contributed by atoms with Gasteiger partial charge < -0.3 is 9.64 Å². The van der Waals surface area contributed by atoms with Crippen LogP contribution in [0.1, 0.15) is 29.5 Å². The summed E-state index contributed by atoms with van der Waals surface area (Å²) in [5.41, 5.74) is 2.88. The predicted octanol–water partition coefficient (Wildman–Crippen LogP) is 3.20. The average molecular weight is 431 g/mol. The molecule has 0 spiro atoms. The van der Waals surface area contributed by atoms with Crippen molar-refractivity contribution in [1.29, 1.82) is 0 Å². The van der Waals surface area contributed by atoms with Gasteiger partial charge in [-0.25, -0.2) is 12.7 Å². The van der Waals surface area contributed by atoms with Crippen LogP contribution in [-0.2, 0) is 27.1 Å². The second kappa shape index (κ2) is 9.62. The summed E-state index contributed by atoms with van der Waals surface area (Å²) < 4.78 is 32.3. The van der Waals surface area contributed by atoms with Crippen LogP contribution >= 0.6 is 0 Å². The first-order valence-corrected chi connectivity index (χ1v) is 11.8. The van der Waals surface area contributed by atoms with Gasteiger partial charge in [0.1, 0.15) is 5.75 Å². The van der Waals surface area contributed by atoms with Crippen LogP contribution in [0.25, 0.3) is 0 Å². The lowest BCUT2D eigenvalue weighted by Crippen LogP contribution is -2.43. The van der Waals surface area contributed by atoms with Crippen molar-refractivity contribution < 1.29 is 17.9 Å². The Kier molecular flexibility index (Phi) is 7.15. The van der Waals surface area contributed by atoms with Gasteiger partial charge in [0.05, 0.1) is 12.9 Å². The average Bonchev–Trinajstić information content (AvgIpc) is 2.73. The number of carbonyl (C=O) groups excluding carboxylic acids is 1.